The number of rotatable bonds is 2. The van der Waals surface area contributed by atoms with Crippen molar-refractivity contribution >= 4 is 16.7 Å². The maximum absolute atomic E-state index is 12.2. The fraction of sp³-hybridized carbons (Fsp3) is 0.0625. The summed E-state index contributed by atoms with van der Waals surface area (Å²) in [5.41, 5.74) is 7.35. The first kappa shape index (κ1) is 12.3. The Balaban J connectivity index is 2.28. The lowest BCUT2D eigenvalue weighted by atomic mass is 10.1. The highest BCUT2D eigenvalue weighted by molar-refractivity contribution is 5.82. The number of nitrogens with two attached hydrogens (primary N) is 1. The zero-order valence-corrected chi connectivity index (χ0v) is 10.9. The van der Waals surface area contributed by atoms with Gasteiger partial charge < -0.3 is 14.9 Å². The number of ether oxygens (including phenoxy) is 1. The second-order valence-corrected chi connectivity index (χ2v) is 4.43. The van der Waals surface area contributed by atoms with Crippen LogP contribution >= 0.6 is 0 Å². The van der Waals surface area contributed by atoms with Crippen molar-refractivity contribution in [2.24, 2.45) is 0 Å². The van der Waals surface area contributed by atoms with E-state index >= 15 is 0 Å². The van der Waals surface area contributed by atoms with E-state index in [-0.39, 0.29) is 5.43 Å². The quantitative estimate of drug-likeness (QED) is 0.725. The normalized spacial score (nSPS) is 10.7. The molecular weight excluding hydrogens is 254 g/mol. The van der Waals surface area contributed by atoms with Gasteiger partial charge in [-0.05, 0) is 30.3 Å². The van der Waals surface area contributed by atoms with Gasteiger partial charge in [0.2, 0.25) is 0 Å². The Hall–Kier alpha value is -2.75. The molecule has 0 spiro atoms. The SMILES string of the molecule is COc1ccccc1-c1cc(=O)c2cc(N)ccc2o1. The topological polar surface area (TPSA) is 65.5 Å². The van der Waals surface area contributed by atoms with Gasteiger partial charge in [0.15, 0.2) is 5.43 Å². The van der Waals surface area contributed by atoms with E-state index in [1.165, 1.54) is 6.07 Å². The Morgan fingerprint density at radius 2 is 1.90 bits per heavy atom. The van der Waals surface area contributed by atoms with E-state index in [2.05, 4.69) is 0 Å². The van der Waals surface area contributed by atoms with Crippen molar-refractivity contribution in [3.63, 3.8) is 0 Å². The number of anilines is 1. The van der Waals surface area contributed by atoms with Gasteiger partial charge in [0, 0.05) is 11.8 Å². The van der Waals surface area contributed by atoms with Gasteiger partial charge in [-0.15, -0.1) is 0 Å². The van der Waals surface area contributed by atoms with Crippen molar-refractivity contribution < 1.29 is 9.15 Å². The van der Waals surface area contributed by atoms with Crippen molar-refractivity contribution in [1.29, 1.82) is 0 Å². The summed E-state index contributed by atoms with van der Waals surface area (Å²) in [6.07, 6.45) is 0. The van der Waals surface area contributed by atoms with E-state index in [4.69, 9.17) is 14.9 Å². The fourth-order valence-corrected chi connectivity index (χ4v) is 2.15. The number of benzene rings is 2. The maximum atomic E-state index is 12.2. The van der Waals surface area contributed by atoms with Crippen LogP contribution < -0.4 is 15.9 Å². The van der Waals surface area contributed by atoms with Crippen molar-refractivity contribution in [3.05, 3.63) is 58.8 Å². The number of hydrogen-bond donors (Lipinski definition) is 1. The molecule has 0 saturated heterocycles. The average molecular weight is 267 g/mol. The smallest absolute Gasteiger partial charge is 0.193 e. The molecule has 2 N–H and O–H groups in total. The molecule has 3 aromatic rings. The molecule has 0 bridgehead atoms. The third kappa shape index (κ3) is 2.01. The summed E-state index contributed by atoms with van der Waals surface area (Å²) in [4.78, 5) is 12.2. The third-order valence-electron chi connectivity index (χ3n) is 3.12. The molecular formula is C16H13NO3. The Labute approximate surface area is 115 Å². The molecule has 100 valence electrons. The molecule has 1 heterocycles. The predicted molar refractivity (Wildman–Crippen MR) is 78.9 cm³/mol. The summed E-state index contributed by atoms with van der Waals surface area (Å²) >= 11 is 0. The molecule has 0 radical (unpaired) electrons. The summed E-state index contributed by atoms with van der Waals surface area (Å²) < 4.78 is 11.1. The van der Waals surface area contributed by atoms with E-state index in [0.29, 0.717) is 28.2 Å². The molecule has 4 heteroatoms. The second kappa shape index (κ2) is 4.74. The summed E-state index contributed by atoms with van der Waals surface area (Å²) in [6, 6.07) is 13.9. The van der Waals surface area contributed by atoms with Crippen molar-refractivity contribution in [3.8, 4) is 17.1 Å². The molecule has 0 aliphatic heterocycles. The minimum Gasteiger partial charge on any atom is -0.496 e. The van der Waals surface area contributed by atoms with Crippen LogP contribution in [0.5, 0.6) is 5.75 Å². The van der Waals surface area contributed by atoms with E-state index in [0.717, 1.165) is 5.56 Å². The monoisotopic (exact) mass is 267 g/mol. The van der Waals surface area contributed by atoms with Gasteiger partial charge in [-0.1, -0.05) is 12.1 Å². The van der Waals surface area contributed by atoms with Crippen LogP contribution in [-0.2, 0) is 0 Å². The molecule has 20 heavy (non-hydrogen) atoms. The van der Waals surface area contributed by atoms with Gasteiger partial charge in [-0.3, -0.25) is 4.79 Å². The van der Waals surface area contributed by atoms with E-state index in [1.807, 2.05) is 24.3 Å². The molecule has 0 amide bonds. The summed E-state index contributed by atoms with van der Waals surface area (Å²) in [5.74, 6) is 1.13. The zero-order valence-electron chi connectivity index (χ0n) is 10.9. The van der Waals surface area contributed by atoms with Crippen LogP contribution in [0.3, 0.4) is 0 Å². The van der Waals surface area contributed by atoms with Gasteiger partial charge >= 0.3 is 0 Å². The lowest BCUT2D eigenvalue weighted by Crippen LogP contribution is -2.01. The second-order valence-electron chi connectivity index (χ2n) is 4.43. The van der Waals surface area contributed by atoms with Gasteiger partial charge in [-0.2, -0.15) is 0 Å². The zero-order chi connectivity index (χ0) is 14.1. The Bertz CT molecular complexity index is 836. The van der Waals surface area contributed by atoms with Crippen molar-refractivity contribution in [2.75, 3.05) is 12.8 Å². The molecule has 0 fully saturated rings. The van der Waals surface area contributed by atoms with Crippen LogP contribution in [0, 0.1) is 0 Å². The fourth-order valence-electron chi connectivity index (χ4n) is 2.15. The number of methoxy groups -OCH3 is 1. The summed E-state index contributed by atoms with van der Waals surface area (Å²) in [6.45, 7) is 0. The average Bonchev–Trinajstić information content (AvgIpc) is 2.47. The standard InChI is InChI=1S/C16H13NO3/c1-19-14-5-3-2-4-11(14)16-9-13(18)12-8-10(17)6-7-15(12)20-16/h2-9H,17H2,1H3. The molecule has 2 aromatic carbocycles. The Morgan fingerprint density at radius 1 is 1.10 bits per heavy atom. The molecule has 0 unspecified atom stereocenters. The third-order valence-corrected chi connectivity index (χ3v) is 3.12. The van der Waals surface area contributed by atoms with Gasteiger partial charge in [0.1, 0.15) is 17.1 Å². The van der Waals surface area contributed by atoms with E-state index in [9.17, 15) is 4.79 Å². The van der Waals surface area contributed by atoms with Gasteiger partial charge in [0.25, 0.3) is 0 Å². The van der Waals surface area contributed by atoms with Crippen LogP contribution in [0.15, 0.2) is 57.7 Å². The Morgan fingerprint density at radius 3 is 2.70 bits per heavy atom. The van der Waals surface area contributed by atoms with Crippen LogP contribution in [0.4, 0.5) is 5.69 Å². The van der Waals surface area contributed by atoms with E-state index < -0.39 is 0 Å². The van der Waals surface area contributed by atoms with Crippen molar-refractivity contribution in [2.45, 2.75) is 0 Å². The first-order valence-electron chi connectivity index (χ1n) is 6.16. The van der Waals surface area contributed by atoms with Crippen LogP contribution in [0.2, 0.25) is 0 Å². The number of para-hydroxylation sites is 1. The number of fused-ring (bicyclic) bond motifs is 1. The minimum absolute atomic E-state index is 0.126. The van der Waals surface area contributed by atoms with Crippen molar-refractivity contribution in [1.82, 2.24) is 0 Å². The summed E-state index contributed by atoms with van der Waals surface area (Å²) in [5, 5.41) is 0.476. The highest BCUT2D eigenvalue weighted by Crippen LogP contribution is 2.30. The molecule has 0 atom stereocenters. The number of hydrogen-bond acceptors (Lipinski definition) is 4. The van der Waals surface area contributed by atoms with Crippen LogP contribution in [0.1, 0.15) is 0 Å². The molecule has 1 aromatic heterocycles. The first-order chi connectivity index (χ1) is 9.69. The molecule has 3 rings (SSSR count). The molecule has 0 saturated carbocycles. The lowest BCUT2D eigenvalue weighted by Gasteiger charge is -2.08. The summed E-state index contributed by atoms with van der Waals surface area (Å²) in [7, 11) is 1.58. The minimum atomic E-state index is -0.126. The van der Waals surface area contributed by atoms with Crippen LogP contribution in [-0.4, -0.2) is 7.11 Å². The highest BCUT2D eigenvalue weighted by Gasteiger charge is 2.11. The van der Waals surface area contributed by atoms with Gasteiger partial charge in [0.05, 0.1) is 18.1 Å². The largest absolute Gasteiger partial charge is 0.496 e. The maximum Gasteiger partial charge on any atom is 0.193 e. The molecule has 0 aliphatic carbocycles. The van der Waals surface area contributed by atoms with E-state index in [1.54, 1.807) is 25.3 Å². The van der Waals surface area contributed by atoms with Gasteiger partial charge in [-0.25, -0.2) is 0 Å². The molecule has 0 aliphatic rings. The lowest BCUT2D eigenvalue weighted by molar-refractivity contribution is 0.415. The first-order valence-corrected chi connectivity index (χ1v) is 6.16. The van der Waals surface area contributed by atoms with Crippen LogP contribution in [0.25, 0.3) is 22.3 Å². The predicted octanol–water partition coefficient (Wildman–Crippen LogP) is 3.05. The highest BCUT2D eigenvalue weighted by atomic mass is 16.5. The Kier molecular flexibility index (Phi) is 2.91. The molecule has 4 nitrogen and oxygen atoms in total. The number of nitrogen functional groups attached to an aromatic ring is 1.